The summed E-state index contributed by atoms with van der Waals surface area (Å²) >= 11 is 0. The van der Waals surface area contributed by atoms with Crippen molar-refractivity contribution < 1.29 is 22.7 Å². The molecule has 0 radical (unpaired) electrons. The fourth-order valence-electron chi connectivity index (χ4n) is 3.52. The highest BCUT2D eigenvalue weighted by atomic mass is 19.4. The van der Waals surface area contributed by atoms with Crippen molar-refractivity contribution in [3.63, 3.8) is 0 Å². The van der Waals surface area contributed by atoms with E-state index in [-0.39, 0.29) is 23.5 Å². The first-order valence-corrected chi connectivity index (χ1v) is 9.92. The summed E-state index contributed by atoms with van der Waals surface area (Å²) in [5, 5.41) is 3.08. The summed E-state index contributed by atoms with van der Waals surface area (Å²) in [6, 6.07) is 4.69. The highest BCUT2D eigenvalue weighted by molar-refractivity contribution is 5.95. The summed E-state index contributed by atoms with van der Waals surface area (Å²) in [5.74, 6) is 2.94. The number of piperidine rings is 1. The molecule has 1 saturated heterocycles. The highest BCUT2D eigenvalue weighted by Crippen LogP contribution is 2.30. The first-order chi connectivity index (χ1) is 14.7. The van der Waals surface area contributed by atoms with Gasteiger partial charge in [-0.25, -0.2) is 9.97 Å². The smallest absolute Gasteiger partial charge is 0.417 e. The van der Waals surface area contributed by atoms with Crippen LogP contribution in [-0.2, 0) is 6.18 Å². The minimum atomic E-state index is -4.46. The molecule has 1 aliphatic heterocycles. The number of hydrogen-bond acceptors (Lipinski definition) is 5. The predicted octanol–water partition coefficient (Wildman–Crippen LogP) is 3.92. The Labute approximate surface area is 178 Å². The van der Waals surface area contributed by atoms with E-state index in [2.05, 4.69) is 21.2 Å². The van der Waals surface area contributed by atoms with Crippen LogP contribution in [0.25, 0.3) is 0 Å². The van der Waals surface area contributed by atoms with Gasteiger partial charge < -0.3 is 15.0 Å². The Morgan fingerprint density at radius 2 is 2.13 bits per heavy atom. The Balaban J connectivity index is 1.82. The maximum Gasteiger partial charge on any atom is 0.417 e. The number of halogens is 3. The third kappa shape index (κ3) is 5.08. The summed E-state index contributed by atoms with van der Waals surface area (Å²) in [6.45, 7) is 4.42. The van der Waals surface area contributed by atoms with Crippen LogP contribution < -0.4 is 10.1 Å². The number of anilines is 1. The SMILES string of the molecule is C#CC1C(Nc2ccc(C(F)(F)F)cn2)CCCN1C(=O)c1nc(C)ccc1OCC. The number of amides is 1. The van der Waals surface area contributed by atoms with Gasteiger partial charge in [0, 0.05) is 18.4 Å². The van der Waals surface area contributed by atoms with Gasteiger partial charge in [0.15, 0.2) is 11.4 Å². The molecule has 0 aromatic carbocycles. The second kappa shape index (κ2) is 9.25. The predicted molar refractivity (Wildman–Crippen MR) is 110 cm³/mol. The van der Waals surface area contributed by atoms with Crippen LogP contribution in [0, 0.1) is 19.3 Å². The van der Waals surface area contributed by atoms with E-state index in [1.807, 2.05) is 6.92 Å². The normalized spacial score (nSPS) is 18.9. The van der Waals surface area contributed by atoms with Crippen LogP contribution in [0.3, 0.4) is 0 Å². The molecule has 3 rings (SSSR count). The van der Waals surface area contributed by atoms with E-state index in [1.165, 1.54) is 6.07 Å². The topological polar surface area (TPSA) is 67.4 Å². The van der Waals surface area contributed by atoms with Gasteiger partial charge >= 0.3 is 6.18 Å². The van der Waals surface area contributed by atoms with Gasteiger partial charge in [0.2, 0.25) is 0 Å². The van der Waals surface area contributed by atoms with Crippen LogP contribution in [0.4, 0.5) is 19.0 Å². The number of aryl methyl sites for hydroxylation is 1. The van der Waals surface area contributed by atoms with Crippen molar-refractivity contribution in [3.05, 3.63) is 47.4 Å². The molecule has 1 aliphatic rings. The van der Waals surface area contributed by atoms with Gasteiger partial charge in [-0.05, 0) is 51.0 Å². The van der Waals surface area contributed by atoms with Crippen molar-refractivity contribution in [2.24, 2.45) is 0 Å². The molecule has 0 spiro atoms. The molecule has 3 heterocycles. The molecule has 1 amide bonds. The number of aromatic nitrogens is 2. The zero-order chi connectivity index (χ0) is 22.6. The van der Waals surface area contributed by atoms with Crippen LogP contribution in [0.15, 0.2) is 30.5 Å². The minimum Gasteiger partial charge on any atom is -0.491 e. The number of terminal acetylenes is 1. The first-order valence-electron chi connectivity index (χ1n) is 9.92. The Morgan fingerprint density at radius 1 is 1.35 bits per heavy atom. The molecule has 2 unspecified atom stereocenters. The monoisotopic (exact) mass is 432 g/mol. The number of nitrogens with one attached hydrogen (secondary N) is 1. The van der Waals surface area contributed by atoms with Crippen molar-refractivity contribution in [2.45, 2.75) is 44.9 Å². The van der Waals surface area contributed by atoms with E-state index in [0.29, 0.717) is 37.4 Å². The molecule has 1 N–H and O–H groups in total. The number of rotatable bonds is 5. The first kappa shape index (κ1) is 22.4. The second-order valence-electron chi connectivity index (χ2n) is 7.17. The molecule has 2 aromatic heterocycles. The Hall–Kier alpha value is -3.28. The van der Waals surface area contributed by atoms with Crippen LogP contribution in [0.1, 0.15) is 41.5 Å². The number of carbonyl (C=O) groups excluding carboxylic acids is 1. The van der Waals surface area contributed by atoms with E-state index in [9.17, 15) is 18.0 Å². The van der Waals surface area contributed by atoms with Gasteiger partial charge in [0.25, 0.3) is 5.91 Å². The quantitative estimate of drug-likeness (QED) is 0.726. The van der Waals surface area contributed by atoms with E-state index < -0.39 is 17.8 Å². The number of nitrogens with zero attached hydrogens (tertiary/aromatic N) is 3. The van der Waals surface area contributed by atoms with E-state index in [4.69, 9.17) is 11.2 Å². The van der Waals surface area contributed by atoms with Crippen molar-refractivity contribution in [1.82, 2.24) is 14.9 Å². The second-order valence-corrected chi connectivity index (χ2v) is 7.17. The molecular formula is C22H23F3N4O2. The maximum absolute atomic E-state index is 13.3. The molecular weight excluding hydrogens is 409 g/mol. The highest BCUT2D eigenvalue weighted by Gasteiger charge is 2.36. The summed E-state index contributed by atoms with van der Waals surface area (Å²) in [6.07, 6.45) is 3.37. The molecule has 0 aliphatic carbocycles. The lowest BCUT2D eigenvalue weighted by atomic mass is 9.96. The van der Waals surface area contributed by atoms with Gasteiger partial charge in [-0.15, -0.1) is 6.42 Å². The number of alkyl halides is 3. The van der Waals surface area contributed by atoms with Crippen molar-refractivity contribution >= 4 is 11.7 Å². The number of hydrogen-bond donors (Lipinski definition) is 1. The number of pyridine rings is 2. The van der Waals surface area contributed by atoms with Gasteiger partial charge in [-0.1, -0.05) is 5.92 Å². The third-order valence-electron chi connectivity index (χ3n) is 4.99. The fourth-order valence-corrected chi connectivity index (χ4v) is 3.52. The average molecular weight is 432 g/mol. The van der Waals surface area contributed by atoms with Crippen molar-refractivity contribution in [1.29, 1.82) is 0 Å². The Bertz CT molecular complexity index is 970. The lowest BCUT2D eigenvalue weighted by Gasteiger charge is -2.39. The van der Waals surface area contributed by atoms with Gasteiger partial charge in [0.05, 0.1) is 18.2 Å². The van der Waals surface area contributed by atoms with Crippen LogP contribution in [0.5, 0.6) is 5.75 Å². The molecule has 1 fully saturated rings. The minimum absolute atomic E-state index is 0.190. The summed E-state index contributed by atoms with van der Waals surface area (Å²) < 4.78 is 43.8. The van der Waals surface area contributed by atoms with E-state index >= 15 is 0 Å². The molecule has 31 heavy (non-hydrogen) atoms. The summed E-state index contributed by atoms with van der Waals surface area (Å²) in [4.78, 5) is 23.0. The van der Waals surface area contributed by atoms with Gasteiger partial charge in [0.1, 0.15) is 11.9 Å². The average Bonchev–Trinajstić information content (AvgIpc) is 2.74. The Kier molecular flexibility index (Phi) is 6.68. The fraction of sp³-hybridized carbons (Fsp3) is 0.409. The van der Waals surface area contributed by atoms with Gasteiger partial charge in [-0.3, -0.25) is 4.79 Å². The molecule has 9 heteroatoms. The summed E-state index contributed by atoms with van der Waals surface area (Å²) in [7, 11) is 0. The largest absolute Gasteiger partial charge is 0.491 e. The molecule has 2 aromatic rings. The van der Waals surface area contributed by atoms with Gasteiger partial charge in [-0.2, -0.15) is 13.2 Å². The lowest BCUT2D eigenvalue weighted by Crippen LogP contribution is -2.53. The molecule has 164 valence electrons. The Morgan fingerprint density at radius 3 is 2.74 bits per heavy atom. The number of carbonyl (C=O) groups is 1. The molecule has 0 bridgehead atoms. The third-order valence-corrected chi connectivity index (χ3v) is 4.99. The number of likely N-dealkylation sites (tertiary alicyclic amines) is 1. The van der Waals surface area contributed by atoms with E-state index in [1.54, 1.807) is 24.0 Å². The van der Waals surface area contributed by atoms with Crippen LogP contribution >= 0.6 is 0 Å². The number of ether oxygens (including phenoxy) is 1. The zero-order valence-electron chi connectivity index (χ0n) is 17.2. The molecule has 2 atom stereocenters. The van der Waals surface area contributed by atoms with Crippen LogP contribution in [0.2, 0.25) is 0 Å². The van der Waals surface area contributed by atoms with E-state index in [0.717, 1.165) is 12.3 Å². The maximum atomic E-state index is 13.3. The molecule has 0 saturated carbocycles. The lowest BCUT2D eigenvalue weighted by molar-refractivity contribution is -0.137. The molecule has 6 nitrogen and oxygen atoms in total. The van der Waals surface area contributed by atoms with Crippen molar-refractivity contribution in [3.8, 4) is 18.1 Å². The summed E-state index contributed by atoms with van der Waals surface area (Å²) in [5.41, 5.74) is 0.0288. The zero-order valence-corrected chi connectivity index (χ0v) is 17.2. The van der Waals surface area contributed by atoms with Crippen LogP contribution in [-0.4, -0.2) is 46.0 Å². The van der Waals surface area contributed by atoms with Crippen molar-refractivity contribution in [2.75, 3.05) is 18.5 Å². The standard InChI is InChI=1S/C22H23F3N4O2/c1-4-17-16(28-19-11-9-15(13-26-19)22(23,24)25)7-6-12-29(17)21(30)20-18(31-5-2)10-8-14(3)27-20/h1,8-11,13,16-17H,5-7,12H2,2-3H3,(H,26,28).